The zero-order valence-electron chi connectivity index (χ0n) is 14.3. The summed E-state index contributed by atoms with van der Waals surface area (Å²) in [5, 5.41) is 10.1. The van der Waals surface area contributed by atoms with Crippen molar-refractivity contribution in [3.8, 4) is 11.5 Å². The summed E-state index contributed by atoms with van der Waals surface area (Å²) >= 11 is 0. The number of anilines is 1. The highest BCUT2D eigenvalue weighted by atomic mass is 16.5. The van der Waals surface area contributed by atoms with Crippen LogP contribution >= 0.6 is 0 Å². The summed E-state index contributed by atoms with van der Waals surface area (Å²) in [5.74, 6) is 0.776. The summed E-state index contributed by atoms with van der Waals surface area (Å²) in [7, 11) is 0. The van der Waals surface area contributed by atoms with Crippen LogP contribution in [0, 0.1) is 0 Å². The number of phenolic OH excluding ortho intramolecular Hbond substituents is 1. The van der Waals surface area contributed by atoms with Crippen molar-refractivity contribution in [2.24, 2.45) is 11.5 Å². The van der Waals surface area contributed by atoms with Gasteiger partial charge in [-0.1, -0.05) is 6.07 Å². The lowest BCUT2D eigenvalue weighted by Crippen LogP contribution is -2.48. The van der Waals surface area contributed by atoms with Gasteiger partial charge in [0.05, 0.1) is 17.7 Å². The molecule has 2 heterocycles. The number of ether oxygens (including phenoxy) is 1. The Balaban J connectivity index is 1.73. The van der Waals surface area contributed by atoms with E-state index in [-0.39, 0.29) is 23.8 Å². The van der Waals surface area contributed by atoms with Crippen LogP contribution in [0.3, 0.4) is 0 Å². The van der Waals surface area contributed by atoms with E-state index in [0.717, 1.165) is 23.1 Å². The fraction of sp³-hybridized carbons (Fsp3) is 0.316. The van der Waals surface area contributed by atoms with Crippen molar-refractivity contribution in [1.29, 1.82) is 0 Å². The number of nitrogens with zero attached hydrogens (tertiary/aromatic N) is 1. The Hall–Kier alpha value is -2.77. The number of fused-ring (bicyclic) bond motifs is 1. The lowest BCUT2D eigenvalue weighted by molar-refractivity contribution is 0.150. The van der Waals surface area contributed by atoms with Gasteiger partial charge in [-0.25, -0.2) is 0 Å². The Morgan fingerprint density at radius 3 is 2.88 bits per heavy atom. The van der Waals surface area contributed by atoms with Gasteiger partial charge in [0, 0.05) is 17.5 Å². The van der Waals surface area contributed by atoms with Gasteiger partial charge in [0.1, 0.15) is 17.0 Å². The lowest BCUT2D eigenvalue weighted by atomic mass is 9.74. The molecule has 3 aromatic rings. The van der Waals surface area contributed by atoms with Gasteiger partial charge in [-0.3, -0.25) is 0 Å². The number of rotatable bonds is 1. The standard InChI is InChI=1S/C19H20N4O3/c1-8-4-12-16-11(6-10(24)7-15(16)25-8)17(20)19(12,22)9-2-3-14-13(5-9)23-18(21)26-14/h2-3,5-8,12,17,24H,4,20,22H2,1H3,(H2,21,23)/t8-,12?,17?,19+/m1/s1. The van der Waals surface area contributed by atoms with E-state index in [4.69, 9.17) is 26.4 Å². The zero-order chi connectivity index (χ0) is 18.2. The topological polar surface area (TPSA) is 134 Å². The molecule has 4 atom stereocenters. The highest BCUT2D eigenvalue weighted by molar-refractivity contribution is 5.76. The first-order valence-corrected chi connectivity index (χ1v) is 8.62. The van der Waals surface area contributed by atoms with Gasteiger partial charge in [-0.05, 0) is 42.7 Å². The maximum Gasteiger partial charge on any atom is 0.292 e. The Morgan fingerprint density at radius 1 is 1.27 bits per heavy atom. The maximum absolute atomic E-state index is 10.1. The van der Waals surface area contributed by atoms with Crippen LogP contribution in [0.25, 0.3) is 11.1 Å². The Kier molecular flexibility index (Phi) is 2.92. The molecule has 7 N–H and O–H groups in total. The number of phenols is 1. The molecule has 134 valence electrons. The monoisotopic (exact) mass is 352 g/mol. The summed E-state index contributed by atoms with van der Waals surface area (Å²) in [6.45, 7) is 2.00. The second-order valence-electron chi connectivity index (χ2n) is 7.31. The molecule has 0 amide bonds. The molecule has 1 aliphatic heterocycles. The summed E-state index contributed by atoms with van der Waals surface area (Å²) in [6.07, 6.45) is 0.718. The highest BCUT2D eigenvalue weighted by Crippen LogP contribution is 2.58. The summed E-state index contributed by atoms with van der Waals surface area (Å²) in [4.78, 5) is 4.21. The Labute approximate surface area is 149 Å². The summed E-state index contributed by atoms with van der Waals surface area (Å²) in [5.41, 5.74) is 22.4. The zero-order valence-corrected chi connectivity index (χ0v) is 14.3. The molecule has 2 unspecified atom stereocenters. The fourth-order valence-corrected chi connectivity index (χ4v) is 4.58. The van der Waals surface area contributed by atoms with Crippen molar-refractivity contribution in [2.75, 3.05) is 5.73 Å². The van der Waals surface area contributed by atoms with Crippen LogP contribution in [0.5, 0.6) is 11.5 Å². The van der Waals surface area contributed by atoms with E-state index in [1.54, 1.807) is 12.1 Å². The second-order valence-corrected chi connectivity index (χ2v) is 7.31. The molecule has 0 saturated carbocycles. The van der Waals surface area contributed by atoms with E-state index in [1.165, 1.54) is 0 Å². The molecule has 0 fully saturated rings. The average molecular weight is 352 g/mol. The SMILES string of the molecule is C[C@@H]1CC2c3c(cc(O)cc3C(N)[C@]2(N)c2ccc3oc(N)nc3c2)O1. The molecule has 0 saturated heterocycles. The van der Waals surface area contributed by atoms with E-state index < -0.39 is 11.6 Å². The van der Waals surface area contributed by atoms with E-state index in [0.29, 0.717) is 16.8 Å². The minimum atomic E-state index is -0.842. The fourth-order valence-electron chi connectivity index (χ4n) is 4.58. The minimum Gasteiger partial charge on any atom is -0.508 e. The van der Waals surface area contributed by atoms with Crippen molar-refractivity contribution in [3.05, 3.63) is 47.0 Å². The molecule has 1 aliphatic carbocycles. The third-order valence-corrected chi connectivity index (χ3v) is 5.73. The van der Waals surface area contributed by atoms with Crippen LogP contribution in [-0.2, 0) is 5.54 Å². The summed E-state index contributed by atoms with van der Waals surface area (Å²) < 4.78 is 11.3. The van der Waals surface area contributed by atoms with Gasteiger partial charge < -0.3 is 31.5 Å². The normalized spacial score (nSPS) is 29.6. The first-order valence-electron chi connectivity index (χ1n) is 8.62. The van der Waals surface area contributed by atoms with Gasteiger partial charge in [-0.15, -0.1) is 0 Å². The first kappa shape index (κ1) is 15.5. The van der Waals surface area contributed by atoms with Gasteiger partial charge in [0.2, 0.25) is 0 Å². The van der Waals surface area contributed by atoms with Gasteiger partial charge in [0.15, 0.2) is 5.58 Å². The molecule has 0 bridgehead atoms. The van der Waals surface area contributed by atoms with Gasteiger partial charge >= 0.3 is 0 Å². The number of hydrogen-bond acceptors (Lipinski definition) is 7. The molecule has 7 heteroatoms. The quantitative estimate of drug-likeness (QED) is 0.527. The number of nitrogen functional groups attached to an aromatic ring is 1. The predicted molar refractivity (Wildman–Crippen MR) is 96.8 cm³/mol. The number of aromatic hydroxyl groups is 1. The summed E-state index contributed by atoms with van der Waals surface area (Å²) in [6, 6.07) is 8.59. The average Bonchev–Trinajstić information content (AvgIpc) is 3.06. The van der Waals surface area contributed by atoms with Crippen LogP contribution < -0.4 is 21.9 Å². The van der Waals surface area contributed by atoms with Crippen molar-refractivity contribution in [1.82, 2.24) is 4.98 Å². The Morgan fingerprint density at radius 2 is 2.08 bits per heavy atom. The molecule has 0 spiro atoms. The largest absolute Gasteiger partial charge is 0.508 e. The molecule has 7 nitrogen and oxygen atoms in total. The first-order chi connectivity index (χ1) is 12.4. The smallest absolute Gasteiger partial charge is 0.292 e. The van der Waals surface area contributed by atoms with Crippen LogP contribution in [0.1, 0.15) is 42.0 Å². The third kappa shape index (κ3) is 1.87. The molecule has 5 rings (SSSR count). The maximum atomic E-state index is 10.1. The number of hydrogen-bond donors (Lipinski definition) is 4. The van der Waals surface area contributed by atoms with Crippen molar-refractivity contribution in [2.45, 2.75) is 36.9 Å². The predicted octanol–water partition coefficient (Wildman–Crippen LogP) is 2.24. The number of aromatic nitrogens is 1. The van der Waals surface area contributed by atoms with E-state index in [9.17, 15) is 5.11 Å². The van der Waals surface area contributed by atoms with Crippen LogP contribution in [0.15, 0.2) is 34.7 Å². The number of benzene rings is 2. The van der Waals surface area contributed by atoms with E-state index in [1.807, 2.05) is 25.1 Å². The molecule has 26 heavy (non-hydrogen) atoms. The minimum absolute atomic E-state index is 0.0199. The van der Waals surface area contributed by atoms with Crippen LogP contribution in [0.4, 0.5) is 6.01 Å². The molecule has 1 aromatic heterocycles. The van der Waals surface area contributed by atoms with Crippen molar-refractivity contribution < 1.29 is 14.3 Å². The third-order valence-electron chi connectivity index (χ3n) is 5.73. The molecule has 0 radical (unpaired) electrons. The lowest BCUT2D eigenvalue weighted by Gasteiger charge is -2.39. The van der Waals surface area contributed by atoms with Crippen LogP contribution in [-0.4, -0.2) is 16.2 Å². The van der Waals surface area contributed by atoms with Gasteiger partial charge in [-0.2, -0.15) is 4.98 Å². The van der Waals surface area contributed by atoms with E-state index in [2.05, 4.69) is 4.98 Å². The molecule has 2 aliphatic rings. The van der Waals surface area contributed by atoms with Gasteiger partial charge in [0.25, 0.3) is 6.01 Å². The van der Waals surface area contributed by atoms with Crippen molar-refractivity contribution >= 4 is 17.1 Å². The molecular formula is C19H20N4O3. The van der Waals surface area contributed by atoms with E-state index >= 15 is 0 Å². The molecular weight excluding hydrogens is 332 g/mol. The van der Waals surface area contributed by atoms with Crippen LogP contribution in [0.2, 0.25) is 0 Å². The Bertz CT molecular complexity index is 1050. The molecule has 2 aromatic carbocycles. The van der Waals surface area contributed by atoms with Crippen molar-refractivity contribution in [3.63, 3.8) is 0 Å². The second kappa shape index (κ2) is 4.90. The number of nitrogens with two attached hydrogens (primary N) is 3. The highest BCUT2D eigenvalue weighted by Gasteiger charge is 2.54. The number of oxazole rings is 1.